The van der Waals surface area contributed by atoms with Crippen molar-refractivity contribution >= 4 is 11.6 Å². The van der Waals surface area contributed by atoms with Crippen LogP contribution in [0.3, 0.4) is 0 Å². The van der Waals surface area contributed by atoms with E-state index in [0.717, 1.165) is 18.4 Å². The van der Waals surface area contributed by atoms with Crippen molar-refractivity contribution in [3.63, 3.8) is 0 Å². The molecule has 1 aromatic carbocycles. The molecule has 3 heteroatoms. The molecule has 1 unspecified atom stereocenters. The highest BCUT2D eigenvalue weighted by molar-refractivity contribution is 6.30. The minimum Gasteiger partial charge on any atom is -0.392 e. The first-order chi connectivity index (χ1) is 9.16. The Morgan fingerprint density at radius 3 is 2.42 bits per heavy atom. The van der Waals surface area contributed by atoms with Gasteiger partial charge in [0.15, 0.2) is 0 Å². The number of aliphatic hydroxyl groups excluding tert-OH is 1. The van der Waals surface area contributed by atoms with Crippen LogP contribution in [0, 0.1) is 11.7 Å². The van der Waals surface area contributed by atoms with Crippen molar-refractivity contribution in [1.82, 2.24) is 0 Å². The van der Waals surface area contributed by atoms with Gasteiger partial charge in [0, 0.05) is 0 Å². The van der Waals surface area contributed by atoms with E-state index in [1.54, 1.807) is 12.1 Å². The van der Waals surface area contributed by atoms with Gasteiger partial charge in [-0.2, -0.15) is 0 Å². The van der Waals surface area contributed by atoms with Crippen LogP contribution < -0.4 is 0 Å². The zero-order valence-electron chi connectivity index (χ0n) is 11.2. The Balaban J connectivity index is 1.94. The second kappa shape index (κ2) is 7.25. The van der Waals surface area contributed by atoms with Gasteiger partial charge in [-0.15, -0.1) is 0 Å². The summed E-state index contributed by atoms with van der Waals surface area (Å²) < 4.78 is 13.1. The molecule has 1 atom stereocenters. The van der Waals surface area contributed by atoms with Crippen molar-refractivity contribution in [2.75, 3.05) is 0 Å². The normalized spacial score (nSPS) is 19.7. The second-order valence-corrected chi connectivity index (χ2v) is 6.03. The molecule has 0 heterocycles. The molecule has 1 aliphatic rings. The first-order valence-corrected chi connectivity index (χ1v) is 7.66. The number of aliphatic hydroxyl groups is 1. The van der Waals surface area contributed by atoms with Crippen LogP contribution in [0.1, 0.15) is 50.5 Å². The fourth-order valence-corrected chi connectivity index (χ4v) is 3.15. The molecule has 0 bridgehead atoms. The number of rotatable bonds is 3. The Morgan fingerprint density at radius 2 is 1.79 bits per heavy atom. The summed E-state index contributed by atoms with van der Waals surface area (Å²) in [5.41, 5.74) is 0.918. The van der Waals surface area contributed by atoms with E-state index in [0.29, 0.717) is 12.3 Å². The molecule has 1 aliphatic carbocycles. The molecular formula is C16H22ClFO. The molecule has 0 amide bonds. The molecule has 2 rings (SSSR count). The highest BCUT2D eigenvalue weighted by Crippen LogP contribution is 2.27. The van der Waals surface area contributed by atoms with Gasteiger partial charge in [0.1, 0.15) is 5.82 Å². The minimum absolute atomic E-state index is 0.141. The molecule has 106 valence electrons. The van der Waals surface area contributed by atoms with Gasteiger partial charge in [-0.3, -0.25) is 0 Å². The summed E-state index contributed by atoms with van der Waals surface area (Å²) in [6.07, 6.45) is 8.78. The average molecular weight is 285 g/mol. The molecule has 1 saturated carbocycles. The van der Waals surface area contributed by atoms with E-state index < -0.39 is 5.82 Å². The highest BCUT2D eigenvalue weighted by Gasteiger charge is 2.20. The Bertz CT molecular complexity index is 400. The van der Waals surface area contributed by atoms with E-state index in [1.807, 2.05) is 0 Å². The van der Waals surface area contributed by atoms with Gasteiger partial charge in [0.05, 0.1) is 11.1 Å². The van der Waals surface area contributed by atoms with Crippen LogP contribution >= 0.6 is 11.6 Å². The third kappa shape index (κ3) is 4.47. The van der Waals surface area contributed by atoms with Crippen LogP contribution in [0.4, 0.5) is 4.39 Å². The standard InChI is InChI=1S/C16H22ClFO/c17-14-10-12(8-9-15(14)18)11-16(19)13-6-4-2-1-3-5-7-13/h8-10,13,16,19H,1-7,11H2. The van der Waals surface area contributed by atoms with Crippen molar-refractivity contribution in [2.24, 2.45) is 5.92 Å². The van der Waals surface area contributed by atoms with Gasteiger partial charge in [-0.05, 0) is 42.9 Å². The molecule has 19 heavy (non-hydrogen) atoms. The molecule has 0 saturated heterocycles. The van der Waals surface area contributed by atoms with E-state index >= 15 is 0 Å². The van der Waals surface area contributed by atoms with Crippen molar-refractivity contribution in [3.05, 3.63) is 34.6 Å². The quantitative estimate of drug-likeness (QED) is 0.850. The summed E-state index contributed by atoms with van der Waals surface area (Å²) in [5, 5.41) is 10.5. The van der Waals surface area contributed by atoms with Crippen molar-refractivity contribution in [3.8, 4) is 0 Å². The monoisotopic (exact) mass is 284 g/mol. The molecule has 0 aromatic heterocycles. The predicted molar refractivity (Wildman–Crippen MR) is 76.9 cm³/mol. The number of hydrogen-bond acceptors (Lipinski definition) is 1. The Labute approximate surface area is 119 Å². The van der Waals surface area contributed by atoms with E-state index in [1.165, 1.54) is 38.2 Å². The number of halogens is 2. The first kappa shape index (κ1) is 14.8. The SMILES string of the molecule is OC(Cc1ccc(F)c(Cl)c1)C1CCCCCCC1. The molecular weight excluding hydrogens is 263 g/mol. The van der Waals surface area contributed by atoms with Crippen LogP contribution in [0.5, 0.6) is 0 Å². The largest absolute Gasteiger partial charge is 0.392 e. The van der Waals surface area contributed by atoms with Crippen LogP contribution in [0.25, 0.3) is 0 Å². The van der Waals surface area contributed by atoms with Gasteiger partial charge < -0.3 is 5.11 Å². The summed E-state index contributed by atoms with van der Waals surface area (Å²) in [4.78, 5) is 0. The molecule has 0 aliphatic heterocycles. The van der Waals surface area contributed by atoms with Gasteiger partial charge >= 0.3 is 0 Å². The fraction of sp³-hybridized carbons (Fsp3) is 0.625. The lowest BCUT2D eigenvalue weighted by molar-refractivity contribution is 0.0913. The highest BCUT2D eigenvalue weighted by atomic mass is 35.5. The smallest absolute Gasteiger partial charge is 0.141 e. The predicted octanol–water partition coefficient (Wildman–Crippen LogP) is 4.74. The Hall–Kier alpha value is -0.600. The van der Waals surface area contributed by atoms with Crippen LogP contribution in [0.2, 0.25) is 5.02 Å². The minimum atomic E-state index is -0.397. The zero-order valence-corrected chi connectivity index (χ0v) is 12.0. The molecule has 1 nitrogen and oxygen atoms in total. The van der Waals surface area contributed by atoms with E-state index in [-0.39, 0.29) is 11.1 Å². The molecule has 1 aromatic rings. The molecule has 0 spiro atoms. The third-order valence-electron chi connectivity index (χ3n) is 4.12. The molecule has 0 radical (unpaired) electrons. The Kier molecular flexibility index (Phi) is 5.65. The summed E-state index contributed by atoms with van der Waals surface area (Å²) in [5.74, 6) is -0.0185. The van der Waals surface area contributed by atoms with Gasteiger partial charge in [0.2, 0.25) is 0 Å². The maximum absolute atomic E-state index is 13.1. The molecule has 1 fully saturated rings. The maximum atomic E-state index is 13.1. The van der Waals surface area contributed by atoms with Gasteiger partial charge in [-0.25, -0.2) is 4.39 Å². The van der Waals surface area contributed by atoms with Crippen molar-refractivity contribution < 1.29 is 9.50 Å². The van der Waals surface area contributed by atoms with Crippen molar-refractivity contribution in [2.45, 2.75) is 57.5 Å². The van der Waals surface area contributed by atoms with Crippen molar-refractivity contribution in [1.29, 1.82) is 0 Å². The van der Waals surface area contributed by atoms with E-state index in [9.17, 15) is 9.50 Å². The zero-order chi connectivity index (χ0) is 13.7. The second-order valence-electron chi connectivity index (χ2n) is 5.63. The van der Waals surface area contributed by atoms with Crippen LogP contribution in [0.15, 0.2) is 18.2 Å². The maximum Gasteiger partial charge on any atom is 0.141 e. The fourth-order valence-electron chi connectivity index (χ4n) is 2.95. The Morgan fingerprint density at radius 1 is 1.16 bits per heavy atom. The lowest BCUT2D eigenvalue weighted by Gasteiger charge is -2.25. The summed E-state index contributed by atoms with van der Waals surface area (Å²) in [7, 11) is 0. The lowest BCUT2D eigenvalue weighted by Crippen LogP contribution is -2.23. The van der Waals surface area contributed by atoms with Gasteiger partial charge in [0.25, 0.3) is 0 Å². The number of benzene rings is 1. The average Bonchev–Trinajstić information content (AvgIpc) is 2.33. The first-order valence-electron chi connectivity index (χ1n) is 7.29. The summed E-state index contributed by atoms with van der Waals surface area (Å²) >= 11 is 5.77. The van der Waals surface area contributed by atoms with Crippen LogP contribution in [-0.2, 0) is 6.42 Å². The van der Waals surface area contributed by atoms with Gasteiger partial charge in [-0.1, -0.05) is 49.8 Å². The topological polar surface area (TPSA) is 20.2 Å². The summed E-state index contributed by atoms with van der Waals surface area (Å²) in [6.45, 7) is 0. The third-order valence-corrected chi connectivity index (χ3v) is 4.41. The summed E-state index contributed by atoms with van der Waals surface area (Å²) in [6, 6.07) is 4.72. The number of hydrogen-bond donors (Lipinski definition) is 1. The molecule has 1 N–H and O–H groups in total. The lowest BCUT2D eigenvalue weighted by atomic mass is 9.85. The van der Waals surface area contributed by atoms with E-state index in [2.05, 4.69) is 0 Å². The van der Waals surface area contributed by atoms with E-state index in [4.69, 9.17) is 11.6 Å². The van der Waals surface area contributed by atoms with Crippen LogP contribution in [-0.4, -0.2) is 11.2 Å².